The second-order valence-corrected chi connectivity index (χ2v) is 6.04. The molecule has 0 atom stereocenters. The van der Waals surface area contributed by atoms with Crippen LogP contribution in [-0.2, 0) is 27.3 Å². The van der Waals surface area contributed by atoms with Gasteiger partial charge >= 0.3 is 6.18 Å². The molecule has 0 spiro atoms. The summed E-state index contributed by atoms with van der Waals surface area (Å²) in [4.78, 5) is 22.0. The standard InChI is InChI=1S/C20H19F4N3O3/c1-12-5-4-6-15(18(27-29-3)19(28)25-2)16(12)11-30-26-10-13-7-8-14(21)9-17(13)20(22,23)24/h4-10H,11H2,1-3H3,(H,25,28)/b26-10+,27-18+. The van der Waals surface area contributed by atoms with Crippen molar-refractivity contribution in [2.24, 2.45) is 10.3 Å². The minimum atomic E-state index is -4.74. The van der Waals surface area contributed by atoms with E-state index in [1.165, 1.54) is 14.2 Å². The van der Waals surface area contributed by atoms with E-state index in [9.17, 15) is 22.4 Å². The fourth-order valence-electron chi connectivity index (χ4n) is 2.62. The quantitative estimate of drug-likeness (QED) is 0.417. The Balaban J connectivity index is 2.28. The molecule has 0 fully saturated rings. The van der Waals surface area contributed by atoms with Gasteiger partial charge in [-0.25, -0.2) is 4.39 Å². The second-order valence-electron chi connectivity index (χ2n) is 6.04. The van der Waals surface area contributed by atoms with Crippen molar-refractivity contribution in [3.63, 3.8) is 0 Å². The molecule has 1 amide bonds. The van der Waals surface area contributed by atoms with E-state index in [2.05, 4.69) is 15.6 Å². The first kappa shape index (κ1) is 22.9. The molecule has 2 aromatic carbocycles. The highest BCUT2D eigenvalue weighted by Gasteiger charge is 2.33. The molecule has 0 aromatic heterocycles. The van der Waals surface area contributed by atoms with E-state index in [4.69, 9.17) is 9.68 Å². The first-order chi connectivity index (χ1) is 14.2. The Bertz CT molecular complexity index is 972. The van der Waals surface area contributed by atoms with Crippen LogP contribution in [0.2, 0.25) is 0 Å². The lowest BCUT2D eigenvalue weighted by Gasteiger charge is -2.13. The number of oxime groups is 2. The van der Waals surface area contributed by atoms with Gasteiger partial charge in [-0.3, -0.25) is 4.79 Å². The van der Waals surface area contributed by atoms with Crippen LogP contribution in [0.1, 0.15) is 27.8 Å². The lowest BCUT2D eigenvalue weighted by Crippen LogP contribution is -2.29. The zero-order chi connectivity index (χ0) is 22.3. The SMILES string of the molecule is CNC(=O)/C(=N/OC)c1cccc(C)c1CO/N=C/c1ccc(F)cc1C(F)(F)F. The summed E-state index contributed by atoms with van der Waals surface area (Å²) < 4.78 is 52.3. The van der Waals surface area contributed by atoms with E-state index in [1.807, 2.05) is 0 Å². The summed E-state index contributed by atoms with van der Waals surface area (Å²) in [6.45, 7) is 1.61. The van der Waals surface area contributed by atoms with Gasteiger partial charge in [0, 0.05) is 23.7 Å². The van der Waals surface area contributed by atoms with E-state index in [0.717, 1.165) is 23.9 Å². The van der Waals surface area contributed by atoms with Crippen molar-refractivity contribution in [3.8, 4) is 0 Å². The number of hydrogen-bond donors (Lipinski definition) is 1. The lowest BCUT2D eigenvalue weighted by atomic mass is 9.98. The minimum absolute atomic E-state index is 0.00386. The molecule has 10 heteroatoms. The molecule has 0 saturated heterocycles. The van der Waals surface area contributed by atoms with E-state index in [-0.39, 0.29) is 17.9 Å². The highest BCUT2D eigenvalue weighted by atomic mass is 19.4. The molecular weight excluding hydrogens is 406 g/mol. The van der Waals surface area contributed by atoms with Crippen LogP contribution >= 0.6 is 0 Å². The molecule has 0 aliphatic carbocycles. The van der Waals surface area contributed by atoms with Crippen LogP contribution in [0, 0.1) is 12.7 Å². The molecular formula is C20H19F4N3O3. The van der Waals surface area contributed by atoms with Gasteiger partial charge < -0.3 is 15.0 Å². The van der Waals surface area contributed by atoms with Gasteiger partial charge in [0.2, 0.25) is 0 Å². The van der Waals surface area contributed by atoms with Gasteiger partial charge in [0.15, 0.2) is 5.71 Å². The lowest BCUT2D eigenvalue weighted by molar-refractivity contribution is -0.137. The predicted molar refractivity (Wildman–Crippen MR) is 103 cm³/mol. The van der Waals surface area contributed by atoms with E-state index in [0.29, 0.717) is 17.2 Å². The van der Waals surface area contributed by atoms with Gasteiger partial charge in [-0.2, -0.15) is 13.2 Å². The fourth-order valence-corrected chi connectivity index (χ4v) is 2.62. The van der Waals surface area contributed by atoms with Crippen molar-refractivity contribution in [1.82, 2.24) is 5.32 Å². The van der Waals surface area contributed by atoms with Crippen LogP contribution < -0.4 is 5.32 Å². The van der Waals surface area contributed by atoms with E-state index < -0.39 is 23.5 Å². The number of aryl methyl sites for hydroxylation is 1. The van der Waals surface area contributed by atoms with Crippen LogP contribution in [-0.4, -0.2) is 32.0 Å². The van der Waals surface area contributed by atoms with Crippen LogP contribution in [0.15, 0.2) is 46.7 Å². The first-order valence-corrected chi connectivity index (χ1v) is 8.63. The van der Waals surface area contributed by atoms with E-state index in [1.54, 1.807) is 25.1 Å². The number of nitrogens with zero attached hydrogens (tertiary/aromatic N) is 2. The Morgan fingerprint density at radius 1 is 1.23 bits per heavy atom. The maximum absolute atomic E-state index is 13.2. The fraction of sp³-hybridized carbons (Fsp3) is 0.250. The third-order valence-corrected chi connectivity index (χ3v) is 4.09. The number of hydrogen-bond acceptors (Lipinski definition) is 5. The van der Waals surface area contributed by atoms with Gasteiger partial charge in [0.25, 0.3) is 5.91 Å². The smallest absolute Gasteiger partial charge is 0.398 e. The molecule has 6 nitrogen and oxygen atoms in total. The molecule has 2 aromatic rings. The summed E-state index contributed by atoms with van der Waals surface area (Å²) in [6, 6.07) is 7.34. The predicted octanol–water partition coefficient (Wildman–Crippen LogP) is 3.80. The zero-order valence-electron chi connectivity index (χ0n) is 16.4. The number of carbonyl (C=O) groups is 1. The molecule has 0 aliphatic rings. The van der Waals surface area contributed by atoms with Crippen LogP contribution in [0.5, 0.6) is 0 Å². The summed E-state index contributed by atoms with van der Waals surface area (Å²) in [5.74, 6) is -1.50. The van der Waals surface area contributed by atoms with Crippen molar-refractivity contribution in [2.75, 3.05) is 14.2 Å². The van der Waals surface area contributed by atoms with Crippen molar-refractivity contribution in [2.45, 2.75) is 19.7 Å². The molecule has 0 aliphatic heterocycles. The molecule has 0 heterocycles. The van der Waals surface area contributed by atoms with Gasteiger partial charge in [0.1, 0.15) is 19.5 Å². The van der Waals surface area contributed by atoms with Gasteiger partial charge in [-0.05, 0) is 30.7 Å². The summed E-state index contributed by atoms with van der Waals surface area (Å²) in [5.41, 5.74) is 0.201. The molecule has 1 N–H and O–H groups in total. The molecule has 160 valence electrons. The monoisotopic (exact) mass is 425 g/mol. The number of benzene rings is 2. The number of alkyl halides is 3. The van der Waals surface area contributed by atoms with Crippen molar-refractivity contribution in [1.29, 1.82) is 0 Å². The van der Waals surface area contributed by atoms with Gasteiger partial charge in [0.05, 0.1) is 11.8 Å². The normalized spacial score (nSPS) is 12.2. The zero-order valence-corrected chi connectivity index (χ0v) is 16.4. The topological polar surface area (TPSA) is 72.3 Å². The number of amides is 1. The molecule has 0 radical (unpaired) electrons. The number of nitrogens with one attached hydrogen (secondary N) is 1. The second kappa shape index (κ2) is 9.86. The summed E-state index contributed by atoms with van der Waals surface area (Å²) in [7, 11) is 2.73. The maximum Gasteiger partial charge on any atom is 0.417 e. The minimum Gasteiger partial charge on any atom is -0.398 e. The van der Waals surface area contributed by atoms with Gasteiger partial charge in [-0.1, -0.05) is 28.5 Å². The van der Waals surface area contributed by atoms with E-state index >= 15 is 0 Å². The molecule has 0 bridgehead atoms. The van der Waals surface area contributed by atoms with Crippen LogP contribution in [0.25, 0.3) is 0 Å². The largest absolute Gasteiger partial charge is 0.417 e. The Morgan fingerprint density at radius 2 is 1.97 bits per heavy atom. The highest BCUT2D eigenvalue weighted by Crippen LogP contribution is 2.31. The Hall–Kier alpha value is -3.43. The molecule has 0 unspecified atom stereocenters. The third kappa shape index (κ3) is 5.56. The van der Waals surface area contributed by atoms with Crippen molar-refractivity contribution in [3.05, 3.63) is 70.0 Å². The summed E-state index contributed by atoms with van der Waals surface area (Å²) in [6.07, 6.45) is -3.89. The number of halogens is 4. The summed E-state index contributed by atoms with van der Waals surface area (Å²) >= 11 is 0. The number of rotatable bonds is 7. The van der Waals surface area contributed by atoms with Crippen molar-refractivity contribution < 1.29 is 32.0 Å². The Morgan fingerprint density at radius 3 is 2.60 bits per heavy atom. The highest BCUT2D eigenvalue weighted by molar-refractivity contribution is 6.45. The number of likely N-dealkylation sites (N-methyl/N-ethyl adjacent to an activating group) is 1. The first-order valence-electron chi connectivity index (χ1n) is 8.63. The third-order valence-electron chi connectivity index (χ3n) is 4.09. The molecule has 2 rings (SSSR count). The van der Waals surface area contributed by atoms with Crippen LogP contribution in [0.4, 0.5) is 17.6 Å². The number of carbonyl (C=O) groups excluding carboxylic acids is 1. The van der Waals surface area contributed by atoms with Crippen LogP contribution in [0.3, 0.4) is 0 Å². The average molecular weight is 425 g/mol. The summed E-state index contributed by atoms with van der Waals surface area (Å²) in [5, 5.41) is 9.77. The average Bonchev–Trinajstić information content (AvgIpc) is 2.70. The Labute approximate surface area is 170 Å². The maximum atomic E-state index is 13.2. The van der Waals surface area contributed by atoms with Gasteiger partial charge in [-0.15, -0.1) is 0 Å². The van der Waals surface area contributed by atoms with Crippen molar-refractivity contribution >= 4 is 17.8 Å². The molecule has 30 heavy (non-hydrogen) atoms. The molecule has 0 saturated carbocycles. The Kier molecular flexibility index (Phi) is 7.51.